The topological polar surface area (TPSA) is 70.5 Å². The van der Waals surface area contributed by atoms with Gasteiger partial charge in [0.05, 0.1) is 10.0 Å². The van der Waals surface area contributed by atoms with Gasteiger partial charge in [0.25, 0.3) is 5.78 Å². The van der Waals surface area contributed by atoms with Gasteiger partial charge in [-0.2, -0.15) is 4.79 Å². The van der Waals surface area contributed by atoms with Crippen molar-refractivity contribution in [2.45, 2.75) is 0 Å². The predicted molar refractivity (Wildman–Crippen MR) is 55.5 cm³/mol. The molecule has 1 aromatic carbocycles. The number of aldehydes is 1. The van der Waals surface area contributed by atoms with Crippen molar-refractivity contribution in [3.05, 3.63) is 39.3 Å². The van der Waals surface area contributed by atoms with Crippen LogP contribution in [-0.2, 0) is 4.79 Å². The van der Waals surface area contributed by atoms with Gasteiger partial charge in [-0.3, -0.25) is 9.59 Å². The molecule has 4 nitrogen and oxygen atoms in total. The summed E-state index contributed by atoms with van der Waals surface area (Å²) in [5, 5.41) is 0.479. The van der Waals surface area contributed by atoms with E-state index < -0.39 is 11.5 Å². The zero-order valence-corrected chi connectivity index (χ0v) is 8.79. The van der Waals surface area contributed by atoms with Crippen molar-refractivity contribution in [3.8, 4) is 0 Å². The van der Waals surface area contributed by atoms with Gasteiger partial charge < -0.3 is 5.53 Å². The fourth-order valence-electron chi connectivity index (χ4n) is 0.908. The molecule has 0 fully saturated rings. The second kappa shape index (κ2) is 4.84. The minimum Gasteiger partial charge on any atom is -0.360 e. The fourth-order valence-corrected chi connectivity index (χ4v) is 1.21. The molecule has 1 rings (SSSR count). The molecule has 0 amide bonds. The summed E-state index contributed by atoms with van der Waals surface area (Å²) < 4.78 is 0. The molecule has 15 heavy (non-hydrogen) atoms. The average molecular weight is 243 g/mol. The first-order valence-electron chi connectivity index (χ1n) is 3.77. The van der Waals surface area contributed by atoms with Crippen molar-refractivity contribution < 1.29 is 14.4 Å². The Hall–Kier alpha value is -1.48. The molecule has 0 aliphatic rings. The maximum atomic E-state index is 11.4. The van der Waals surface area contributed by atoms with Crippen LogP contribution in [0.25, 0.3) is 5.53 Å². The van der Waals surface area contributed by atoms with E-state index in [1.165, 1.54) is 18.2 Å². The van der Waals surface area contributed by atoms with Crippen LogP contribution in [0.4, 0.5) is 0 Å². The molecule has 0 saturated carbocycles. The molecule has 76 valence electrons. The van der Waals surface area contributed by atoms with Gasteiger partial charge in [0.15, 0.2) is 0 Å². The smallest absolute Gasteiger partial charge is 0.360 e. The van der Waals surface area contributed by atoms with E-state index in [1.54, 1.807) is 0 Å². The van der Waals surface area contributed by atoms with Crippen LogP contribution in [0.3, 0.4) is 0 Å². The summed E-state index contributed by atoms with van der Waals surface area (Å²) in [6.07, 6.45) is 0.158. The van der Waals surface area contributed by atoms with Crippen LogP contribution in [0.1, 0.15) is 10.4 Å². The van der Waals surface area contributed by atoms with Crippen LogP contribution in [0.5, 0.6) is 0 Å². The number of carbonyl (C=O) groups excluding carboxylic acids is 2. The van der Waals surface area contributed by atoms with Gasteiger partial charge in [-0.1, -0.05) is 23.2 Å². The Bertz CT molecular complexity index is 479. The van der Waals surface area contributed by atoms with E-state index in [-0.39, 0.29) is 16.9 Å². The Morgan fingerprint density at radius 2 is 2.00 bits per heavy atom. The molecule has 0 atom stereocenters. The molecular formula is C9H4Cl2N2O2. The molecule has 0 bridgehead atoms. The first-order chi connectivity index (χ1) is 7.10. The molecular weight excluding hydrogens is 239 g/mol. The molecule has 0 heterocycles. The third-order valence-corrected chi connectivity index (χ3v) is 2.37. The maximum Gasteiger partial charge on any atom is 0.401 e. The number of nitrogens with zero attached hydrogens (tertiary/aromatic N) is 2. The molecule has 0 spiro atoms. The van der Waals surface area contributed by atoms with Crippen molar-refractivity contribution in [1.29, 1.82) is 0 Å². The van der Waals surface area contributed by atoms with Crippen molar-refractivity contribution >= 4 is 41.0 Å². The van der Waals surface area contributed by atoms with E-state index in [0.717, 1.165) is 0 Å². The Kier molecular flexibility index (Phi) is 3.74. The van der Waals surface area contributed by atoms with Gasteiger partial charge in [-0.25, -0.2) is 0 Å². The number of benzene rings is 1. The van der Waals surface area contributed by atoms with E-state index in [2.05, 4.69) is 4.79 Å². The van der Waals surface area contributed by atoms with Crippen LogP contribution in [0.15, 0.2) is 18.2 Å². The first kappa shape index (κ1) is 11.6. The zero-order valence-electron chi connectivity index (χ0n) is 7.28. The van der Waals surface area contributed by atoms with Gasteiger partial charge in [0.2, 0.25) is 6.29 Å². The molecule has 0 aliphatic heterocycles. The Morgan fingerprint density at radius 3 is 2.47 bits per heavy atom. The normalized spacial score (nSPS) is 9.20. The number of hydrogen-bond donors (Lipinski definition) is 0. The number of Topliss-reactive ketones (excluding diaryl/α,β-unsaturated/α-hetero) is 1. The SMILES string of the molecule is [N-]=[N+]=C(C=O)C(=O)c1ccc(Cl)c(Cl)c1. The van der Waals surface area contributed by atoms with Gasteiger partial charge in [-0.05, 0) is 18.2 Å². The van der Waals surface area contributed by atoms with Crippen LogP contribution >= 0.6 is 23.2 Å². The third kappa shape index (κ3) is 2.50. The summed E-state index contributed by atoms with van der Waals surface area (Å²) in [5.41, 5.74) is 7.90. The Balaban J connectivity index is 3.18. The second-order valence-electron chi connectivity index (χ2n) is 2.56. The third-order valence-electron chi connectivity index (χ3n) is 1.63. The number of rotatable bonds is 3. The van der Waals surface area contributed by atoms with Crippen LogP contribution in [-0.4, -0.2) is 22.6 Å². The number of hydrogen-bond acceptors (Lipinski definition) is 2. The minimum absolute atomic E-state index is 0.129. The Morgan fingerprint density at radius 1 is 1.33 bits per heavy atom. The zero-order chi connectivity index (χ0) is 11.4. The summed E-state index contributed by atoms with van der Waals surface area (Å²) in [6, 6.07) is 4.09. The van der Waals surface area contributed by atoms with Crippen LogP contribution in [0, 0.1) is 0 Å². The van der Waals surface area contributed by atoms with E-state index in [4.69, 9.17) is 28.7 Å². The van der Waals surface area contributed by atoms with Crippen LogP contribution in [0.2, 0.25) is 10.0 Å². The highest BCUT2D eigenvalue weighted by Crippen LogP contribution is 2.22. The molecule has 0 N–H and O–H groups in total. The van der Waals surface area contributed by atoms with E-state index >= 15 is 0 Å². The van der Waals surface area contributed by atoms with Crippen LogP contribution < -0.4 is 0 Å². The van der Waals surface area contributed by atoms with Gasteiger partial charge in [0.1, 0.15) is 0 Å². The van der Waals surface area contributed by atoms with E-state index in [0.29, 0.717) is 5.02 Å². The molecule has 6 heteroatoms. The highest BCUT2D eigenvalue weighted by Gasteiger charge is 2.21. The van der Waals surface area contributed by atoms with Gasteiger partial charge in [0, 0.05) is 5.56 Å². The lowest BCUT2D eigenvalue weighted by atomic mass is 10.1. The lowest BCUT2D eigenvalue weighted by Gasteiger charge is -1.97. The first-order valence-corrected chi connectivity index (χ1v) is 4.52. The van der Waals surface area contributed by atoms with Gasteiger partial charge in [-0.15, -0.1) is 0 Å². The molecule has 0 saturated heterocycles. The quantitative estimate of drug-likeness (QED) is 0.203. The number of carbonyl (C=O) groups is 2. The predicted octanol–water partition coefficient (Wildman–Crippen LogP) is 2.05. The lowest BCUT2D eigenvalue weighted by Crippen LogP contribution is -2.16. The minimum atomic E-state index is -0.717. The van der Waals surface area contributed by atoms with E-state index in [1.807, 2.05) is 0 Å². The molecule has 1 aromatic rings. The van der Waals surface area contributed by atoms with Crippen molar-refractivity contribution in [2.24, 2.45) is 0 Å². The Labute approximate surface area is 95.0 Å². The molecule has 0 radical (unpaired) electrons. The summed E-state index contributed by atoms with van der Waals surface area (Å²) in [5.74, 6) is -0.717. The van der Waals surface area contributed by atoms with Crippen molar-refractivity contribution in [2.75, 3.05) is 0 Å². The largest absolute Gasteiger partial charge is 0.401 e. The average Bonchev–Trinajstić information content (AvgIpc) is 2.23. The summed E-state index contributed by atoms with van der Waals surface area (Å²) in [4.78, 5) is 24.3. The van der Waals surface area contributed by atoms with Crippen molar-refractivity contribution in [3.63, 3.8) is 0 Å². The molecule has 0 aromatic heterocycles. The van der Waals surface area contributed by atoms with Gasteiger partial charge >= 0.3 is 5.71 Å². The van der Waals surface area contributed by atoms with Crippen molar-refractivity contribution in [1.82, 2.24) is 0 Å². The highest BCUT2D eigenvalue weighted by molar-refractivity contribution is 6.62. The van der Waals surface area contributed by atoms with E-state index in [9.17, 15) is 9.59 Å². The summed E-state index contributed by atoms with van der Waals surface area (Å²) in [6.45, 7) is 0. The fraction of sp³-hybridized carbons (Fsp3) is 0. The number of halogens is 2. The molecule has 0 unspecified atom stereocenters. The summed E-state index contributed by atoms with van der Waals surface area (Å²) in [7, 11) is 0. The standard InChI is InChI=1S/C9H4Cl2N2O2/c10-6-2-1-5(3-7(6)11)9(15)8(4-14)13-12/h1-4H. The second-order valence-corrected chi connectivity index (χ2v) is 3.38. The number of ketones is 1. The lowest BCUT2D eigenvalue weighted by molar-refractivity contribution is -0.106. The highest BCUT2D eigenvalue weighted by atomic mass is 35.5. The summed E-state index contributed by atoms with van der Waals surface area (Å²) >= 11 is 11.3. The monoisotopic (exact) mass is 242 g/mol. The maximum absolute atomic E-state index is 11.4. The molecule has 0 aliphatic carbocycles.